The van der Waals surface area contributed by atoms with Crippen molar-refractivity contribution in [3.63, 3.8) is 0 Å². The van der Waals surface area contributed by atoms with Crippen LogP contribution in [-0.2, 0) is 15.2 Å². The van der Waals surface area contributed by atoms with Gasteiger partial charge in [0.2, 0.25) is 0 Å². The van der Waals surface area contributed by atoms with Crippen LogP contribution in [0.25, 0.3) is 0 Å². The first-order valence-electron chi connectivity index (χ1n) is 4.63. The molecule has 0 spiro atoms. The van der Waals surface area contributed by atoms with Crippen molar-refractivity contribution in [2.24, 2.45) is 11.8 Å². The van der Waals surface area contributed by atoms with Gasteiger partial charge in [0.1, 0.15) is 0 Å². The van der Waals surface area contributed by atoms with Crippen molar-refractivity contribution in [3.8, 4) is 0 Å². The normalized spacial score (nSPS) is 28.1. The molecular weight excluding hydrogens is 200 g/mol. The molecule has 0 aromatic rings. The number of carboxylic acids is 1. The van der Waals surface area contributed by atoms with E-state index in [1.165, 1.54) is 0 Å². The van der Waals surface area contributed by atoms with Gasteiger partial charge in [-0.1, -0.05) is 0 Å². The molecule has 0 amide bonds. The van der Waals surface area contributed by atoms with Gasteiger partial charge in [0.05, 0.1) is 11.5 Å². The Kier molecular flexibility index (Phi) is 4.24. The highest BCUT2D eigenvalue weighted by atomic mass is 16.5. The molecule has 1 rings (SSSR count). The van der Waals surface area contributed by atoms with Crippen LogP contribution in [0.5, 0.6) is 0 Å². The van der Waals surface area contributed by atoms with Crippen LogP contribution < -0.4 is 5.90 Å². The Bertz CT molecular complexity index is 240. The third kappa shape index (κ3) is 2.46. The summed E-state index contributed by atoms with van der Waals surface area (Å²) >= 11 is 0. The van der Waals surface area contributed by atoms with E-state index in [4.69, 9.17) is 10.3 Å². The molecule has 3 N–H and O–H groups in total. The van der Waals surface area contributed by atoms with Gasteiger partial charge in [-0.05, 0) is 34.1 Å². The van der Waals surface area contributed by atoms with Crippen LogP contribution in [0, 0.1) is 5.92 Å². The number of carboxylic acid groups (broad SMARTS) is 1. The van der Waals surface area contributed by atoms with E-state index < -0.39 is 23.0 Å². The quantitative estimate of drug-likeness (QED) is 0.628. The Morgan fingerprint density at radius 2 is 1.73 bits per heavy atom. The fourth-order valence-corrected chi connectivity index (χ4v) is 2.14. The first-order valence-corrected chi connectivity index (χ1v) is 4.63. The van der Waals surface area contributed by atoms with Crippen molar-refractivity contribution in [1.82, 2.24) is 5.06 Å². The molecular formula is C9H18N2O4. The second kappa shape index (κ2) is 4.44. The van der Waals surface area contributed by atoms with E-state index in [0.717, 1.165) is 5.06 Å². The molecule has 0 aromatic carbocycles. The van der Waals surface area contributed by atoms with Crippen LogP contribution in [0.3, 0.4) is 0 Å². The molecule has 2 radical (unpaired) electrons. The third-order valence-electron chi connectivity index (χ3n) is 2.93. The highest BCUT2D eigenvalue weighted by Crippen LogP contribution is 2.43. The standard InChI is InChI=1S/C9H16NO3.H2NO/c1-8(2)5-6(7(11)12)9(3,4)10(8)13;1-2/h6H,5H2,1-4H3,(H,11,12);1H2. The smallest absolute Gasteiger partial charge is 0.308 e. The van der Waals surface area contributed by atoms with Crippen LogP contribution in [0.15, 0.2) is 0 Å². The second-order valence-electron chi connectivity index (χ2n) is 4.86. The molecule has 0 saturated carbocycles. The summed E-state index contributed by atoms with van der Waals surface area (Å²) in [6.45, 7) is 6.94. The lowest BCUT2D eigenvalue weighted by Gasteiger charge is -2.32. The molecule has 1 aliphatic heterocycles. The Hall–Kier alpha value is -0.690. The second-order valence-corrected chi connectivity index (χ2v) is 4.86. The molecule has 1 saturated heterocycles. The fourth-order valence-electron chi connectivity index (χ4n) is 2.14. The fraction of sp³-hybridized carbons (Fsp3) is 0.889. The first kappa shape index (κ1) is 14.3. The number of hydroxylamine groups is 2. The van der Waals surface area contributed by atoms with Crippen LogP contribution in [-0.4, -0.2) is 27.2 Å². The molecule has 6 nitrogen and oxygen atoms in total. The minimum atomic E-state index is -0.878. The van der Waals surface area contributed by atoms with Crippen molar-refractivity contribution >= 4 is 5.97 Å². The van der Waals surface area contributed by atoms with Crippen molar-refractivity contribution < 1.29 is 20.3 Å². The molecule has 0 aliphatic carbocycles. The average Bonchev–Trinajstić information content (AvgIpc) is 2.30. The number of hydrogen-bond acceptors (Lipinski definition) is 3. The highest BCUT2D eigenvalue weighted by molar-refractivity contribution is 5.72. The van der Waals surface area contributed by atoms with Gasteiger partial charge in [-0.2, -0.15) is 5.90 Å². The lowest BCUT2D eigenvalue weighted by atomic mass is 9.87. The number of hydrogen-bond donors (Lipinski definition) is 2. The van der Waals surface area contributed by atoms with Gasteiger partial charge in [-0.3, -0.25) is 4.79 Å². The van der Waals surface area contributed by atoms with Gasteiger partial charge in [-0.25, -0.2) is 0 Å². The van der Waals surface area contributed by atoms with Crippen molar-refractivity contribution in [3.05, 3.63) is 0 Å². The molecule has 1 fully saturated rings. The summed E-state index contributed by atoms with van der Waals surface area (Å²) in [6.07, 6.45) is 0.416. The van der Waals surface area contributed by atoms with Gasteiger partial charge in [0.25, 0.3) is 0 Å². The minimum absolute atomic E-state index is 0.416. The van der Waals surface area contributed by atoms with Crippen LogP contribution >= 0.6 is 0 Å². The molecule has 1 atom stereocenters. The van der Waals surface area contributed by atoms with E-state index in [-0.39, 0.29) is 0 Å². The number of aliphatic carboxylic acids is 1. The number of nitrogens with zero attached hydrogens (tertiary/aromatic N) is 1. The van der Waals surface area contributed by atoms with E-state index in [1.54, 1.807) is 27.7 Å². The van der Waals surface area contributed by atoms with E-state index in [2.05, 4.69) is 5.90 Å². The van der Waals surface area contributed by atoms with Crippen LogP contribution in [0.2, 0.25) is 0 Å². The lowest BCUT2D eigenvalue weighted by molar-refractivity contribution is -0.248. The lowest BCUT2D eigenvalue weighted by Crippen LogP contribution is -2.47. The summed E-state index contributed by atoms with van der Waals surface area (Å²) in [7, 11) is 0. The maximum Gasteiger partial charge on any atom is 0.308 e. The Labute approximate surface area is 89.2 Å². The van der Waals surface area contributed by atoms with E-state index in [0.29, 0.717) is 6.42 Å². The topological polar surface area (TPSA) is 106 Å². The van der Waals surface area contributed by atoms with Crippen molar-refractivity contribution in [2.75, 3.05) is 0 Å². The maximum absolute atomic E-state index is 11.7. The number of carbonyl (C=O) groups is 1. The zero-order chi connectivity index (χ0) is 12.4. The van der Waals surface area contributed by atoms with Gasteiger partial charge in [-0.15, -0.1) is 15.5 Å². The summed E-state index contributed by atoms with van der Waals surface area (Å²) in [4.78, 5) is 10.9. The van der Waals surface area contributed by atoms with Crippen LogP contribution in [0.1, 0.15) is 34.1 Å². The van der Waals surface area contributed by atoms with Crippen molar-refractivity contribution in [2.45, 2.75) is 45.2 Å². The molecule has 1 aliphatic rings. The summed E-state index contributed by atoms with van der Waals surface area (Å²) in [6, 6.07) is 0. The molecule has 6 heteroatoms. The first-order chi connectivity index (χ1) is 6.69. The Balaban J connectivity index is 0.000000921. The molecule has 0 aromatic heterocycles. The summed E-state index contributed by atoms with van der Waals surface area (Å²) in [5, 5.41) is 29.3. The predicted molar refractivity (Wildman–Crippen MR) is 51.3 cm³/mol. The summed E-state index contributed by atoms with van der Waals surface area (Å²) in [5.41, 5.74) is -1.36. The largest absolute Gasteiger partial charge is 0.481 e. The zero-order valence-corrected chi connectivity index (χ0v) is 9.48. The molecule has 1 unspecified atom stereocenters. The monoisotopic (exact) mass is 218 g/mol. The molecule has 1 heterocycles. The molecule has 15 heavy (non-hydrogen) atoms. The zero-order valence-electron chi connectivity index (χ0n) is 9.48. The SMILES string of the molecule is CC1(C)CC(C(=O)O)C(C)(C)N1[O].N[O]. The maximum atomic E-state index is 11.7. The number of nitrogens with two attached hydrogens (primary N) is 1. The Morgan fingerprint density at radius 1 is 1.33 bits per heavy atom. The minimum Gasteiger partial charge on any atom is -0.481 e. The molecule has 88 valence electrons. The number of rotatable bonds is 1. The Morgan fingerprint density at radius 3 is 1.87 bits per heavy atom. The van der Waals surface area contributed by atoms with E-state index in [1.807, 2.05) is 0 Å². The van der Waals surface area contributed by atoms with Crippen LogP contribution in [0.4, 0.5) is 0 Å². The van der Waals surface area contributed by atoms with E-state index in [9.17, 15) is 10.0 Å². The summed E-state index contributed by atoms with van der Waals surface area (Å²) < 4.78 is 0. The van der Waals surface area contributed by atoms with Gasteiger partial charge >= 0.3 is 5.97 Å². The predicted octanol–water partition coefficient (Wildman–Crippen LogP) is 0.586. The molecule has 0 bridgehead atoms. The van der Waals surface area contributed by atoms with Gasteiger partial charge < -0.3 is 5.11 Å². The highest BCUT2D eigenvalue weighted by Gasteiger charge is 2.55. The third-order valence-corrected chi connectivity index (χ3v) is 2.93. The average molecular weight is 218 g/mol. The summed E-state index contributed by atoms with van der Waals surface area (Å²) in [5.74, 6) is 1.80. The van der Waals surface area contributed by atoms with E-state index >= 15 is 0 Å². The van der Waals surface area contributed by atoms with Crippen molar-refractivity contribution in [1.29, 1.82) is 0 Å². The van der Waals surface area contributed by atoms with Gasteiger partial charge in [0.15, 0.2) is 0 Å². The van der Waals surface area contributed by atoms with Gasteiger partial charge in [0, 0.05) is 5.54 Å².